The van der Waals surface area contributed by atoms with Gasteiger partial charge < -0.3 is 10.2 Å². The van der Waals surface area contributed by atoms with Crippen LogP contribution >= 0.6 is 0 Å². The third kappa shape index (κ3) is 5.48. The molecule has 0 saturated carbocycles. The number of pyridine rings is 1. The molecule has 11 heteroatoms. The van der Waals surface area contributed by atoms with Crippen LogP contribution in [0.2, 0.25) is 0 Å². The highest BCUT2D eigenvalue weighted by Gasteiger charge is 2.21. The van der Waals surface area contributed by atoms with Crippen LogP contribution in [-0.4, -0.2) is 59.5 Å². The number of allylic oxidation sites excluding steroid dienone is 1. The van der Waals surface area contributed by atoms with Gasteiger partial charge in [0, 0.05) is 47.2 Å². The maximum atomic E-state index is 13.4. The van der Waals surface area contributed by atoms with Crippen molar-refractivity contribution in [2.45, 2.75) is 19.5 Å². The number of likely N-dealkylation sites (N-methyl/N-ethyl adjacent to an activating group) is 1. The molecular weight excluding hydrogens is 548 g/mol. The van der Waals surface area contributed by atoms with Crippen molar-refractivity contribution in [3.8, 4) is 16.9 Å². The lowest BCUT2D eigenvalue weighted by Crippen LogP contribution is -2.27. The van der Waals surface area contributed by atoms with Crippen LogP contribution in [0.5, 0.6) is 0 Å². The number of fused-ring (bicyclic) bond motifs is 2. The zero-order valence-corrected chi connectivity index (χ0v) is 24.6. The molecule has 0 saturated heterocycles. The van der Waals surface area contributed by atoms with Gasteiger partial charge in [0.1, 0.15) is 5.39 Å². The number of benzene rings is 2. The third-order valence-corrected chi connectivity index (χ3v) is 7.72. The Labute approximate surface area is 244 Å². The summed E-state index contributed by atoms with van der Waals surface area (Å²) in [6.45, 7) is 5.91. The predicted octanol–water partition coefficient (Wildman–Crippen LogP) is 4.92. The van der Waals surface area contributed by atoms with Crippen molar-refractivity contribution < 1.29 is 4.21 Å². The molecule has 0 amide bonds. The first-order valence-corrected chi connectivity index (χ1v) is 15.9. The fraction of sp³-hybridized carbons (Fsp3) is 0.226. The lowest BCUT2D eigenvalue weighted by Gasteiger charge is -2.28. The molecule has 0 radical (unpaired) electrons. The van der Waals surface area contributed by atoms with E-state index in [9.17, 15) is 9.00 Å². The molecule has 0 spiro atoms. The lowest BCUT2D eigenvalue weighted by atomic mass is 9.90. The zero-order chi connectivity index (χ0) is 29.4. The topological polar surface area (TPSA) is 110 Å². The van der Waals surface area contributed by atoms with E-state index < -0.39 is 9.73 Å². The standard InChI is InChI=1S/C31H32N8O2S/c1-5-15-38-30(40)26-19-32-31(35-29(26)39(38)28-13-9-12-27(34-28)36-42(3,4)41)33-23-17-22-20-37(2)16-14-24(22)25(18-23)21-10-7-6-8-11-21/h5-13,17-19H,1,14-16,20H2,2-4H3,(H,32,33,35). The first kappa shape index (κ1) is 27.6. The number of hydrogen-bond acceptors (Lipinski definition) is 8. The maximum absolute atomic E-state index is 13.4. The summed E-state index contributed by atoms with van der Waals surface area (Å²) in [7, 11) is -0.299. The summed E-state index contributed by atoms with van der Waals surface area (Å²) < 4.78 is 19.7. The van der Waals surface area contributed by atoms with Crippen LogP contribution in [-0.2, 0) is 29.2 Å². The number of rotatable bonds is 7. The molecule has 3 aromatic heterocycles. The molecule has 0 unspecified atom stereocenters. The number of nitrogens with one attached hydrogen (secondary N) is 1. The minimum Gasteiger partial charge on any atom is -0.324 e. The average molecular weight is 581 g/mol. The van der Waals surface area contributed by atoms with Gasteiger partial charge in [-0.15, -0.1) is 6.58 Å². The lowest BCUT2D eigenvalue weighted by molar-refractivity contribution is 0.313. The third-order valence-electron chi connectivity index (χ3n) is 7.09. The molecular formula is C31H32N8O2S. The van der Waals surface area contributed by atoms with Crippen molar-refractivity contribution in [2.24, 2.45) is 4.36 Å². The summed E-state index contributed by atoms with van der Waals surface area (Å²) >= 11 is 0. The summed E-state index contributed by atoms with van der Waals surface area (Å²) in [5.41, 5.74) is 5.95. The van der Waals surface area contributed by atoms with E-state index in [1.165, 1.54) is 27.6 Å². The highest BCUT2D eigenvalue weighted by molar-refractivity contribution is 7.92. The van der Waals surface area contributed by atoms with E-state index in [1.54, 1.807) is 41.5 Å². The summed E-state index contributed by atoms with van der Waals surface area (Å²) in [5, 5.41) is 3.74. The summed E-state index contributed by atoms with van der Waals surface area (Å²) in [5.74, 6) is 1.07. The van der Waals surface area contributed by atoms with Crippen molar-refractivity contribution in [3.63, 3.8) is 0 Å². The monoisotopic (exact) mass is 580 g/mol. The second kappa shape index (κ2) is 11.0. The first-order valence-electron chi connectivity index (χ1n) is 13.6. The van der Waals surface area contributed by atoms with Gasteiger partial charge in [0.15, 0.2) is 17.3 Å². The van der Waals surface area contributed by atoms with Crippen LogP contribution in [0.4, 0.5) is 17.5 Å². The van der Waals surface area contributed by atoms with E-state index in [4.69, 9.17) is 4.98 Å². The molecule has 2 aromatic carbocycles. The summed E-state index contributed by atoms with van der Waals surface area (Å²) in [4.78, 5) is 29.6. The second-order valence-electron chi connectivity index (χ2n) is 10.7. The van der Waals surface area contributed by atoms with Crippen LogP contribution < -0.4 is 10.9 Å². The Morgan fingerprint density at radius 2 is 1.90 bits per heavy atom. The number of anilines is 2. The maximum Gasteiger partial charge on any atom is 0.278 e. The van der Waals surface area contributed by atoms with Gasteiger partial charge in [-0.1, -0.05) is 42.5 Å². The normalized spacial score (nSPS) is 13.6. The smallest absolute Gasteiger partial charge is 0.278 e. The molecule has 0 bridgehead atoms. The van der Waals surface area contributed by atoms with E-state index >= 15 is 0 Å². The van der Waals surface area contributed by atoms with E-state index in [1.807, 2.05) is 6.07 Å². The van der Waals surface area contributed by atoms with Crippen LogP contribution in [0.25, 0.3) is 28.0 Å². The van der Waals surface area contributed by atoms with Crippen molar-refractivity contribution in [2.75, 3.05) is 31.4 Å². The first-order chi connectivity index (χ1) is 20.2. The number of nitrogens with zero attached hydrogens (tertiary/aromatic N) is 7. The Hall–Kier alpha value is -4.61. The number of hydrogen-bond donors (Lipinski definition) is 1. The van der Waals surface area contributed by atoms with E-state index in [2.05, 4.69) is 74.6 Å². The molecule has 1 aliphatic heterocycles. The highest BCUT2D eigenvalue weighted by Crippen LogP contribution is 2.34. The average Bonchev–Trinajstić information content (AvgIpc) is 3.22. The molecule has 1 N–H and O–H groups in total. The van der Waals surface area contributed by atoms with Crippen molar-refractivity contribution >= 4 is 38.2 Å². The van der Waals surface area contributed by atoms with Gasteiger partial charge in [-0.25, -0.2) is 23.5 Å². The molecule has 5 aromatic rings. The molecule has 1 aliphatic rings. The molecule has 6 rings (SSSR count). The summed E-state index contributed by atoms with van der Waals surface area (Å²) in [6.07, 6.45) is 7.25. The molecule has 214 valence electrons. The fourth-order valence-corrected chi connectivity index (χ4v) is 5.88. The van der Waals surface area contributed by atoms with Crippen molar-refractivity contribution in [1.82, 2.24) is 29.2 Å². The minimum atomic E-state index is -2.43. The van der Waals surface area contributed by atoms with E-state index in [0.717, 1.165) is 30.8 Å². The highest BCUT2D eigenvalue weighted by atomic mass is 32.2. The quantitative estimate of drug-likeness (QED) is 0.272. The molecule has 10 nitrogen and oxygen atoms in total. The van der Waals surface area contributed by atoms with Gasteiger partial charge in [-0.3, -0.25) is 4.79 Å². The predicted molar refractivity (Wildman–Crippen MR) is 168 cm³/mol. The van der Waals surface area contributed by atoms with Crippen LogP contribution in [0.1, 0.15) is 11.1 Å². The van der Waals surface area contributed by atoms with Gasteiger partial charge in [-0.2, -0.15) is 9.35 Å². The van der Waals surface area contributed by atoms with Crippen LogP contribution in [0.15, 0.2) is 88.7 Å². The molecule has 42 heavy (non-hydrogen) atoms. The Morgan fingerprint density at radius 1 is 1.10 bits per heavy atom. The molecule has 0 fully saturated rings. The fourth-order valence-electron chi connectivity index (χ4n) is 5.33. The SMILES string of the molecule is C=CCn1c(=O)c2cnc(Nc3cc4c(c(-c5ccccc5)c3)CCN(C)C4)nc2n1-c1cccc(N=S(C)(C)=O)n1. The van der Waals surface area contributed by atoms with Gasteiger partial charge in [0.05, 0.1) is 6.54 Å². The van der Waals surface area contributed by atoms with Crippen LogP contribution in [0.3, 0.4) is 0 Å². The Bertz CT molecular complexity index is 2000. The van der Waals surface area contributed by atoms with Crippen molar-refractivity contribution in [1.29, 1.82) is 0 Å². The van der Waals surface area contributed by atoms with E-state index in [-0.39, 0.29) is 12.1 Å². The Balaban J connectivity index is 1.48. The van der Waals surface area contributed by atoms with Gasteiger partial charge in [-0.05, 0) is 60.0 Å². The Morgan fingerprint density at radius 3 is 2.67 bits per heavy atom. The molecule has 0 aliphatic carbocycles. The van der Waals surface area contributed by atoms with Gasteiger partial charge in [0.2, 0.25) is 5.95 Å². The largest absolute Gasteiger partial charge is 0.324 e. The van der Waals surface area contributed by atoms with Crippen molar-refractivity contribution in [3.05, 3.63) is 101 Å². The van der Waals surface area contributed by atoms with E-state index in [0.29, 0.717) is 28.6 Å². The molecule has 0 atom stereocenters. The summed E-state index contributed by atoms with van der Waals surface area (Å²) in [6, 6.07) is 19.9. The number of aromatic nitrogens is 5. The van der Waals surface area contributed by atoms with Crippen LogP contribution in [0, 0.1) is 0 Å². The second-order valence-corrected chi connectivity index (χ2v) is 13.2. The van der Waals surface area contributed by atoms with Gasteiger partial charge in [0.25, 0.3) is 5.56 Å². The Kier molecular flexibility index (Phi) is 7.21. The van der Waals surface area contributed by atoms with Gasteiger partial charge >= 0.3 is 0 Å². The minimum absolute atomic E-state index is 0.234. The zero-order valence-electron chi connectivity index (χ0n) is 23.8. The molecule has 4 heterocycles.